The zero-order chi connectivity index (χ0) is 15.6. The Morgan fingerprint density at radius 1 is 1.00 bits per heavy atom. The number of anilines is 1. The van der Waals surface area contributed by atoms with Crippen molar-refractivity contribution >= 4 is 11.6 Å². The predicted octanol–water partition coefficient (Wildman–Crippen LogP) is 4.85. The number of carbonyl (C=O) groups excluding carboxylic acids is 1. The molecule has 0 saturated heterocycles. The maximum absolute atomic E-state index is 12.6. The Hall–Kier alpha value is -2.09. The van der Waals surface area contributed by atoms with E-state index in [4.69, 9.17) is 0 Å². The van der Waals surface area contributed by atoms with Crippen LogP contribution in [0.4, 0.5) is 5.69 Å². The molecule has 1 N–H and O–H groups in total. The number of aryl methyl sites for hydroxylation is 2. The predicted molar refractivity (Wildman–Crippen MR) is 89.0 cm³/mol. The van der Waals surface area contributed by atoms with E-state index in [-0.39, 0.29) is 11.3 Å². The highest BCUT2D eigenvalue weighted by atomic mass is 16.1. The van der Waals surface area contributed by atoms with Crippen molar-refractivity contribution in [2.45, 2.75) is 40.0 Å². The Bertz CT molecular complexity index is 666. The molecule has 2 heteroatoms. The van der Waals surface area contributed by atoms with Crippen LogP contribution in [0.25, 0.3) is 0 Å². The van der Waals surface area contributed by atoms with Crippen LogP contribution in [0.3, 0.4) is 0 Å². The number of nitrogens with one attached hydrogen (secondary N) is 1. The number of carbonyl (C=O) groups is 1. The van der Waals surface area contributed by atoms with Crippen molar-refractivity contribution in [1.29, 1.82) is 0 Å². The molecule has 0 aliphatic heterocycles. The molecule has 0 aromatic heterocycles. The molecule has 0 bridgehead atoms. The summed E-state index contributed by atoms with van der Waals surface area (Å²) in [6.45, 7) is 10.4. The Balaban J connectivity index is 2.35. The molecule has 0 fully saturated rings. The second-order valence-corrected chi connectivity index (χ2v) is 6.57. The molecule has 0 unspecified atom stereocenters. The van der Waals surface area contributed by atoms with E-state index in [1.54, 1.807) is 0 Å². The van der Waals surface area contributed by atoms with Crippen molar-refractivity contribution in [3.8, 4) is 0 Å². The molecule has 0 saturated carbocycles. The van der Waals surface area contributed by atoms with E-state index in [1.165, 1.54) is 0 Å². The van der Waals surface area contributed by atoms with Gasteiger partial charge in [-0.15, -0.1) is 0 Å². The van der Waals surface area contributed by atoms with E-state index < -0.39 is 0 Å². The highest BCUT2D eigenvalue weighted by molar-refractivity contribution is 6.05. The van der Waals surface area contributed by atoms with Crippen molar-refractivity contribution < 1.29 is 4.79 Å². The summed E-state index contributed by atoms with van der Waals surface area (Å²) < 4.78 is 0. The fourth-order valence-electron chi connectivity index (χ4n) is 2.42. The van der Waals surface area contributed by atoms with Crippen LogP contribution in [-0.2, 0) is 5.41 Å². The van der Waals surface area contributed by atoms with Gasteiger partial charge >= 0.3 is 0 Å². The van der Waals surface area contributed by atoms with Crippen molar-refractivity contribution in [2.75, 3.05) is 5.32 Å². The fourth-order valence-corrected chi connectivity index (χ4v) is 2.42. The molecule has 21 heavy (non-hydrogen) atoms. The number of rotatable bonds is 2. The van der Waals surface area contributed by atoms with Crippen LogP contribution in [0.2, 0.25) is 0 Å². The highest BCUT2D eigenvalue weighted by Crippen LogP contribution is 2.29. The van der Waals surface area contributed by atoms with Crippen LogP contribution in [-0.4, -0.2) is 5.91 Å². The summed E-state index contributed by atoms with van der Waals surface area (Å²) in [5.74, 6) is -0.0482. The minimum absolute atomic E-state index is 0.00841. The van der Waals surface area contributed by atoms with E-state index >= 15 is 0 Å². The maximum Gasteiger partial charge on any atom is 0.255 e. The summed E-state index contributed by atoms with van der Waals surface area (Å²) in [5, 5.41) is 3.06. The average molecular weight is 281 g/mol. The van der Waals surface area contributed by atoms with Gasteiger partial charge < -0.3 is 5.32 Å². The monoisotopic (exact) mass is 281 g/mol. The van der Waals surface area contributed by atoms with Crippen LogP contribution < -0.4 is 5.32 Å². The first-order chi connectivity index (χ1) is 9.79. The lowest BCUT2D eigenvalue weighted by Crippen LogP contribution is -2.19. The van der Waals surface area contributed by atoms with Gasteiger partial charge in [0.05, 0.1) is 0 Å². The summed E-state index contributed by atoms with van der Waals surface area (Å²) in [5.41, 5.74) is 4.84. The lowest BCUT2D eigenvalue weighted by molar-refractivity contribution is 0.102. The lowest BCUT2D eigenvalue weighted by atomic mass is 9.85. The zero-order valence-corrected chi connectivity index (χ0v) is 13.4. The topological polar surface area (TPSA) is 29.1 Å². The number of hydrogen-bond acceptors (Lipinski definition) is 1. The van der Waals surface area contributed by atoms with Gasteiger partial charge in [-0.3, -0.25) is 4.79 Å². The number of para-hydroxylation sites is 1. The van der Waals surface area contributed by atoms with Crippen LogP contribution in [0.15, 0.2) is 42.5 Å². The molecule has 0 atom stereocenters. The van der Waals surface area contributed by atoms with Crippen LogP contribution >= 0.6 is 0 Å². The zero-order valence-electron chi connectivity index (χ0n) is 13.4. The smallest absolute Gasteiger partial charge is 0.255 e. The van der Waals surface area contributed by atoms with E-state index in [0.717, 1.165) is 27.9 Å². The summed E-state index contributed by atoms with van der Waals surface area (Å²) in [6.07, 6.45) is 0. The van der Waals surface area contributed by atoms with Crippen molar-refractivity contribution in [3.05, 3.63) is 64.7 Å². The first-order valence-corrected chi connectivity index (χ1v) is 7.27. The first-order valence-electron chi connectivity index (χ1n) is 7.27. The molecule has 2 rings (SSSR count). The number of hydrogen-bond donors (Lipinski definition) is 1. The molecule has 2 aromatic carbocycles. The Labute approximate surface area is 127 Å². The summed E-state index contributed by atoms with van der Waals surface area (Å²) in [4.78, 5) is 12.6. The van der Waals surface area contributed by atoms with Gasteiger partial charge in [-0.1, -0.05) is 56.7 Å². The molecule has 110 valence electrons. The highest BCUT2D eigenvalue weighted by Gasteiger charge is 2.19. The quantitative estimate of drug-likeness (QED) is 0.837. The third kappa shape index (κ3) is 3.52. The van der Waals surface area contributed by atoms with E-state index in [2.05, 4.69) is 32.2 Å². The van der Waals surface area contributed by atoms with Crippen molar-refractivity contribution in [2.24, 2.45) is 0 Å². The van der Waals surface area contributed by atoms with Gasteiger partial charge in [0.15, 0.2) is 0 Å². The molecule has 0 aliphatic carbocycles. The molecule has 0 aliphatic rings. The van der Waals surface area contributed by atoms with Crippen LogP contribution in [0, 0.1) is 13.8 Å². The van der Waals surface area contributed by atoms with E-state index in [9.17, 15) is 4.79 Å². The average Bonchev–Trinajstić information content (AvgIpc) is 2.41. The molecular weight excluding hydrogens is 258 g/mol. The Morgan fingerprint density at radius 2 is 1.67 bits per heavy atom. The minimum atomic E-state index is -0.0482. The standard InChI is InChI=1S/C19H23NO/c1-13-10-11-14(2)15(12-13)18(21)20-17-9-7-6-8-16(17)19(3,4)5/h6-12H,1-5H3,(H,20,21). The molecule has 0 radical (unpaired) electrons. The molecular formula is C19H23NO. The molecule has 1 amide bonds. The van der Waals surface area contributed by atoms with Gasteiger partial charge in [0.1, 0.15) is 0 Å². The van der Waals surface area contributed by atoms with Gasteiger partial charge in [-0.2, -0.15) is 0 Å². The van der Waals surface area contributed by atoms with Crippen molar-refractivity contribution in [1.82, 2.24) is 0 Å². The Kier molecular flexibility index (Phi) is 4.17. The Morgan fingerprint density at radius 3 is 2.33 bits per heavy atom. The van der Waals surface area contributed by atoms with Gasteiger partial charge in [0.25, 0.3) is 5.91 Å². The van der Waals surface area contributed by atoms with E-state index in [0.29, 0.717) is 0 Å². The van der Waals surface area contributed by atoms with Gasteiger partial charge in [0.2, 0.25) is 0 Å². The SMILES string of the molecule is Cc1ccc(C)c(C(=O)Nc2ccccc2C(C)(C)C)c1. The molecule has 0 heterocycles. The van der Waals surface area contributed by atoms with E-state index in [1.807, 2.05) is 50.2 Å². The molecule has 0 spiro atoms. The number of amides is 1. The minimum Gasteiger partial charge on any atom is -0.322 e. The summed E-state index contributed by atoms with van der Waals surface area (Å²) in [7, 11) is 0. The first kappa shape index (κ1) is 15.3. The fraction of sp³-hybridized carbons (Fsp3) is 0.316. The molecule has 2 aromatic rings. The van der Waals surface area contributed by atoms with Gasteiger partial charge in [0, 0.05) is 11.3 Å². The number of benzene rings is 2. The third-order valence-corrected chi connectivity index (χ3v) is 3.62. The third-order valence-electron chi connectivity index (χ3n) is 3.62. The maximum atomic E-state index is 12.6. The van der Waals surface area contributed by atoms with Crippen LogP contribution in [0.5, 0.6) is 0 Å². The summed E-state index contributed by atoms with van der Waals surface area (Å²) in [6, 6.07) is 13.9. The van der Waals surface area contributed by atoms with Gasteiger partial charge in [-0.05, 0) is 42.5 Å². The van der Waals surface area contributed by atoms with Crippen LogP contribution in [0.1, 0.15) is 47.8 Å². The van der Waals surface area contributed by atoms with Gasteiger partial charge in [-0.25, -0.2) is 0 Å². The largest absolute Gasteiger partial charge is 0.322 e. The summed E-state index contributed by atoms with van der Waals surface area (Å²) >= 11 is 0. The lowest BCUT2D eigenvalue weighted by Gasteiger charge is -2.23. The second-order valence-electron chi connectivity index (χ2n) is 6.57. The molecule has 2 nitrogen and oxygen atoms in total. The normalized spacial score (nSPS) is 11.3. The van der Waals surface area contributed by atoms with Crippen molar-refractivity contribution in [3.63, 3.8) is 0 Å². The second kappa shape index (κ2) is 5.72.